The Kier molecular flexibility index (Phi) is 4.60. The molecule has 2 aromatic rings. The number of pyridine rings is 1. The largest absolute Gasteiger partial charge is 0.465 e. The predicted molar refractivity (Wildman–Crippen MR) is 90.5 cm³/mol. The highest BCUT2D eigenvalue weighted by atomic mass is 16.5. The lowest BCUT2D eigenvalue weighted by Gasteiger charge is -2.33. The van der Waals surface area contributed by atoms with Crippen molar-refractivity contribution in [2.24, 2.45) is 5.92 Å². The summed E-state index contributed by atoms with van der Waals surface area (Å²) in [5.74, 6) is 0.373. The molecule has 1 aliphatic carbocycles. The van der Waals surface area contributed by atoms with Crippen LogP contribution in [0.2, 0.25) is 0 Å². The average molecular weight is 310 g/mol. The van der Waals surface area contributed by atoms with Crippen LogP contribution in [0.3, 0.4) is 0 Å². The number of hydrogen-bond acceptors (Lipinski definition) is 4. The van der Waals surface area contributed by atoms with Crippen molar-refractivity contribution in [3.63, 3.8) is 0 Å². The first kappa shape index (κ1) is 15.5. The molecule has 3 rings (SSSR count). The fraction of sp³-hybridized carbons (Fsp3) is 0.368. The lowest BCUT2D eigenvalue weighted by molar-refractivity contribution is 0.0600. The van der Waals surface area contributed by atoms with Crippen LogP contribution in [-0.4, -0.2) is 24.6 Å². The number of benzene rings is 1. The van der Waals surface area contributed by atoms with Gasteiger partial charge < -0.3 is 9.64 Å². The van der Waals surface area contributed by atoms with Gasteiger partial charge in [-0.3, -0.25) is 4.98 Å². The van der Waals surface area contributed by atoms with Crippen LogP contribution in [0.5, 0.6) is 0 Å². The van der Waals surface area contributed by atoms with E-state index in [-0.39, 0.29) is 5.97 Å². The van der Waals surface area contributed by atoms with E-state index in [2.05, 4.69) is 22.9 Å². The zero-order valence-corrected chi connectivity index (χ0v) is 13.6. The second-order valence-electron chi connectivity index (χ2n) is 5.89. The fourth-order valence-corrected chi connectivity index (χ4v) is 3.12. The van der Waals surface area contributed by atoms with E-state index in [0.717, 1.165) is 12.2 Å². The van der Waals surface area contributed by atoms with Gasteiger partial charge >= 0.3 is 5.97 Å². The second kappa shape index (κ2) is 6.82. The number of hydrogen-bond donors (Lipinski definition) is 0. The molecule has 120 valence electrons. The van der Waals surface area contributed by atoms with E-state index in [1.165, 1.54) is 25.5 Å². The molecule has 0 N–H and O–H groups in total. The molecular weight excluding hydrogens is 288 g/mol. The van der Waals surface area contributed by atoms with Gasteiger partial charge in [0.1, 0.15) is 0 Å². The van der Waals surface area contributed by atoms with Gasteiger partial charge in [0.25, 0.3) is 0 Å². The van der Waals surface area contributed by atoms with E-state index >= 15 is 0 Å². The molecule has 0 spiro atoms. The Morgan fingerprint density at radius 1 is 1.30 bits per heavy atom. The Balaban J connectivity index is 1.90. The Morgan fingerprint density at radius 3 is 2.57 bits per heavy atom. The molecule has 1 aromatic carbocycles. The number of esters is 1. The Hall–Kier alpha value is -2.36. The van der Waals surface area contributed by atoms with Crippen molar-refractivity contribution < 1.29 is 9.53 Å². The number of methoxy groups -OCH3 is 1. The summed E-state index contributed by atoms with van der Waals surface area (Å²) in [6.45, 7) is 3.09. The number of ether oxygens (including phenoxy) is 1. The second-order valence-corrected chi connectivity index (χ2v) is 5.89. The highest BCUT2D eigenvalue weighted by Gasteiger charge is 2.36. The summed E-state index contributed by atoms with van der Waals surface area (Å²) in [4.78, 5) is 18.3. The monoisotopic (exact) mass is 310 g/mol. The third-order valence-corrected chi connectivity index (χ3v) is 4.40. The summed E-state index contributed by atoms with van der Waals surface area (Å²) in [6.07, 6.45) is 6.22. The van der Waals surface area contributed by atoms with Gasteiger partial charge in [-0.2, -0.15) is 0 Å². The summed E-state index contributed by atoms with van der Waals surface area (Å²) in [6, 6.07) is 12.2. The molecule has 0 amide bonds. The Labute approximate surface area is 137 Å². The minimum atomic E-state index is -0.292. The highest BCUT2D eigenvalue weighted by Crippen LogP contribution is 2.45. The van der Waals surface area contributed by atoms with Gasteiger partial charge in [0.05, 0.1) is 30.6 Å². The van der Waals surface area contributed by atoms with Crippen LogP contribution in [-0.2, 0) is 4.74 Å². The van der Waals surface area contributed by atoms with Crippen LogP contribution in [0.1, 0.15) is 41.7 Å². The first-order chi connectivity index (χ1) is 11.2. The summed E-state index contributed by atoms with van der Waals surface area (Å²) in [5, 5.41) is 0. The number of nitrogens with zero attached hydrogens (tertiary/aromatic N) is 2. The summed E-state index contributed by atoms with van der Waals surface area (Å²) in [7, 11) is 1.41. The molecular formula is C19H22N2O2. The quantitative estimate of drug-likeness (QED) is 0.760. The van der Waals surface area contributed by atoms with Gasteiger partial charge in [0.15, 0.2) is 0 Å². The maximum absolute atomic E-state index is 11.6. The molecule has 23 heavy (non-hydrogen) atoms. The zero-order valence-electron chi connectivity index (χ0n) is 13.6. The van der Waals surface area contributed by atoms with Crippen molar-refractivity contribution >= 4 is 11.7 Å². The van der Waals surface area contributed by atoms with Gasteiger partial charge in [0.2, 0.25) is 0 Å². The van der Waals surface area contributed by atoms with E-state index in [0.29, 0.717) is 17.5 Å². The minimum absolute atomic E-state index is 0.292. The van der Waals surface area contributed by atoms with Gasteiger partial charge in [0, 0.05) is 12.7 Å². The van der Waals surface area contributed by atoms with Crippen molar-refractivity contribution in [2.45, 2.75) is 25.8 Å². The molecule has 0 bridgehead atoms. The number of rotatable bonds is 6. The maximum Gasteiger partial charge on any atom is 0.337 e. The van der Waals surface area contributed by atoms with Gasteiger partial charge in [-0.15, -0.1) is 0 Å². The molecule has 0 aliphatic heterocycles. The number of anilines is 1. The van der Waals surface area contributed by atoms with E-state index in [1.807, 2.05) is 36.5 Å². The predicted octanol–water partition coefficient (Wildman–Crippen LogP) is 3.85. The van der Waals surface area contributed by atoms with E-state index in [1.54, 1.807) is 6.20 Å². The summed E-state index contributed by atoms with van der Waals surface area (Å²) >= 11 is 0. The zero-order chi connectivity index (χ0) is 16.2. The third kappa shape index (κ3) is 3.36. The molecule has 4 heteroatoms. The maximum atomic E-state index is 11.6. The van der Waals surface area contributed by atoms with Crippen LogP contribution in [0.25, 0.3) is 0 Å². The number of carbonyl (C=O) groups excluding carboxylic acids is 1. The van der Waals surface area contributed by atoms with E-state index in [4.69, 9.17) is 4.74 Å². The molecule has 0 saturated heterocycles. The Bertz CT molecular complexity index is 651. The first-order valence-electron chi connectivity index (χ1n) is 8.09. The van der Waals surface area contributed by atoms with Crippen LogP contribution < -0.4 is 4.90 Å². The van der Waals surface area contributed by atoms with Gasteiger partial charge in [-0.05, 0) is 55.5 Å². The molecule has 1 unspecified atom stereocenters. The Morgan fingerprint density at radius 2 is 2.04 bits per heavy atom. The standard InChI is InChI=1S/C19H22N2O2/c1-3-21(17-5-4-12-20-13-17)18(14-6-7-14)15-8-10-16(11-9-15)19(22)23-2/h4-5,8-14,18H,3,6-7H2,1-2H3. The van der Waals surface area contributed by atoms with Crippen molar-refractivity contribution in [3.8, 4) is 0 Å². The van der Waals surface area contributed by atoms with Crippen LogP contribution in [0.15, 0.2) is 48.8 Å². The van der Waals surface area contributed by atoms with Gasteiger partial charge in [-0.1, -0.05) is 12.1 Å². The summed E-state index contributed by atoms with van der Waals surface area (Å²) < 4.78 is 4.78. The average Bonchev–Trinajstić information content (AvgIpc) is 3.44. The molecule has 4 nitrogen and oxygen atoms in total. The number of aromatic nitrogens is 1. The molecule has 1 fully saturated rings. The molecule has 1 heterocycles. The lowest BCUT2D eigenvalue weighted by Crippen LogP contribution is -2.30. The SMILES string of the molecule is CCN(c1cccnc1)C(c1ccc(C(=O)OC)cc1)C1CC1. The van der Waals surface area contributed by atoms with E-state index < -0.39 is 0 Å². The van der Waals surface area contributed by atoms with E-state index in [9.17, 15) is 4.79 Å². The number of carbonyl (C=O) groups is 1. The smallest absolute Gasteiger partial charge is 0.337 e. The lowest BCUT2D eigenvalue weighted by atomic mass is 9.98. The molecule has 1 aromatic heterocycles. The fourth-order valence-electron chi connectivity index (χ4n) is 3.12. The molecule has 1 aliphatic rings. The molecule has 0 radical (unpaired) electrons. The normalized spacial score (nSPS) is 15.0. The van der Waals surface area contributed by atoms with Crippen molar-refractivity contribution in [2.75, 3.05) is 18.6 Å². The molecule has 1 saturated carbocycles. The summed E-state index contributed by atoms with van der Waals surface area (Å²) in [5.41, 5.74) is 2.98. The van der Waals surface area contributed by atoms with Crippen molar-refractivity contribution in [1.29, 1.82) is 0 Å². The van der Waals surface area contributed by atoms with Crippen molar-refractivity contribution in [1.82, 2.24) is 4.98 Å². The first-order valence-corrected chi connectivity index (χ1v) is 8.09. The van der Waals surface area contributed by atoms with Crippen molar-refractivity contribution in [3.05, 3.63) is 59.9 Å². The third-order valence-electron chi connectivity index (χ3n) is 4.40. The minimum Gasteiger partial charge on any atom is -0.465 e. The van der Waals surface area contributed by atoms with Crippen LogP contribution >= 0.6 is 0 Å². The van der Waals surface area contributed by atoms with Crippen LogP contribution in [0.4, 0.5) is 5.69 Å². The highest BCUT2D eigenvalue weighted by molar-refractivity contribution is 5.89. The topological polar surface area (TPSA) is 42.4 Å². The molecule has 1 atom stereocenters. The van der Waals surface area contributed by atoms with Gasteiger partial charge in [-0.25, -0.2) is 4.79 Å². The van der Waals surface area contributed by atoms with Crippen LogP contribution in [0, 0.1) is 5.92 Å².